The molecule has 4 rings (SSSR count). The molecule has 2 N–H and O–H groups in total. The summed E-state index contributed by atoms with van der Waals surface area (Å²) in [6.07, 6.45) is 10.4. The number of nitrogens with zero attached hydrogens (tertiary/aromatic N) is 3. The lowest BCUT2D eigenvalue weighted by molar-refractivity contribution is 0.421. The monoisotopic (exact) mass is 401 g/mol. The van der Waals surface area contributed by atoms with Gasteiger partial charge in [0.25, 0.3) is 0 Å². The first-order valence-electron chi connectivity index (χ1n) is 8.05. The summed E-state index contributed by atoms with van der Waals surface area (Å²) in [6, 6.07) is 10.9. The van der Waals surface area contributed by atoms with Crippen LogP contribution in [0.2, 0.25) is 5.15 Å². The Morgan fingerprint density at radius 2 is 2.07 bits per heavy atom. The zero-order valence-electron chi connectivity index (χ0n) is 14.3. The number of anilines is 2. The molecule has 0 saturated carbocycles. The van der Waals surface area contributed by atoms with Gasteiger partial charge in [0.05, 0.1) is 17.6 Å². The second-order valence-corrected chi connectivity index (χ2v) is 8.16. The van der Waals surface area contributed by atoms with Gasteiger partial charge in [0.1, 0.15) is 11.0 Å². The SMILES string of the molecule is CS(=O)(=O)Nc1cccc(N2C=C(c3ccnc(Cl)c3)N3NC=CC=C32)c1. The first-order chi connectivity index (χ1) is 12.9. The molecule has 1 aromatic carbocycles. The molecule has 27 heavy (non-hydrogen) atoms. The number of hydrogen-bond donors (Lipinski definition) is 2. The van der Waals surface area contributed by atoms with Crippen LogP contribution in [0, 0.1) is 0 Å². The highest BCUT2D eigenvalue weighted by molar-refractivity contribution is 7.92. The van der Waals surface area contributed by atoms with Gasteiger partial charge in [-0.05, 0) is 42.5 Å². The van der Waals surface area contributed by atoms with Crippen LogP contribution < -0.4 is 15.0 Å². The van der Waals surface area contributed by atoms with E-state index in [4.69, 9.17) is 11.6 Å². The molecule has 9 heteroatoms. The standard InChI is InChI=1S/C18H16ClN5O2S/c1-27(25,26)22-14-4-2-5-15(11-14)23-12-16(13-7-9-20-17(19)10-13)24-18(23)6-3-8-21-24/h2-12,21-22H,1H3. The molecule has 0 aliphatic carbocycles. The van der Waals surface area contributed by atoms with Crippen molar-refractivity contribution in [3.8, 4) is 0 Å². The number of pyridine rings is 1. The van der Waals surface area contributed by atoms with Crippen LogP contribution in [0.4, 0.5) is 11.4 Å². The Morgan fingerprint density at radius 3 is 2.85 bits per heavy atom. The van der Waals surface area contributed by atoms with Crippen molar-refractivity contribution in [2.75, 3.05) is 15.9 Å². The maximum atomic E-state index is 11.5. The van der Waals surface area contributed by atoms with E-state index in [1.54, 1.807) is 30.5 Å². The molecule has 3 heterocycles. The van der Waals surface area contributed by atoms with Gasteiger partial charge in [0.2, 0.25) is 10.0 Å². The lowest BCUT2D eigenvalue weighted by Crippen LogP contribution is -2.34. The highest BCUT2D eigenvalue weighted by Crippen LogP contribution is 2.37. The number of aromatic nitrogens is 1. The summed E-state index contributed by atoms with van der Waals surface area (Å²) in [4.78, 5) is 6.00. The molecule has 0 fully saturated rings. The zero-order chi connectivity index (χ0) is 19.0. The molecular weight excluding hydrogens is 386 g/mol. The average Bonchev–Trinajstić information content (AvgIpc) is 3.00. The Morgan fingerprint density at radius 1 is 1.22 bits per heavy atom. The summed E-state index contributed by atoms with van der Waals surface area (Å²) in [5.74, 6) is 0.872. The minimum Gasteiger partial charge on any atom is -0.300 e. The van der Waals surface area contributed by atoms with Gasteiger partial charge in [0.15, 0.2) is 0 Å². The molecule has 0 radical (unpaired) electrons. The van der Waals surface area contributed by atoms with Crippen molar-refractivity contribution < 1.29 is 8.42 Å². The predicted octanol–water partition coefficient (Wildman–Crippen LogP) is 3.10. The van der Waals surface area contributed by atoms with Crippen molar-refractivity contribution in [2.24, 2.45) is 0 Å². The van der Waals surface area contributed by atoms with Crippen LogP contribution in [0.5, 0.6) is 0 Å². The minimum atomic E-state index is -3.35. The van der Waals surface area contributed by atoms with Crippen molar-refractivity contribution in [2.45, 2.75) is 0 Å². The van der Waals surface area contributed by atoms with E-state index in [1.165, 1.54) is 0 Å². The number of benzene rings is 1. The summed E-state index contributed by atoms with van der Waals surface area (Å²) in [7, 11) is -3.35. The van der Waals surface area contributed by atoms with Gasteiger partial charge in [-0.1, -0.05) is 17.7 Å². The van der Waals surface area contributed by atoms with Crippen LogP contribution >= 0.6 is 11.6 Å². The smallest absolute Gasteiger partial charge is 0.229 e. The summed E-state index contributed by atoms with van der Waals surface area (Å²) in [5.41, 5.74) is 6.29. The quantitative estimate of drug-likeness (QED) is 0.766. The summed E-state index contributed by atoms with van der Waals surface area (Å²) < 4.78 is 25.6. The fourth-order valence-electron chi connectivity index (χ4n) is 2.93. The predicted molar refractivity (Wildman–Crippen MR) is 107 cm³/mol. The van der Waals surface area contributed by atoms with Gasteiger partial charge < -0.3 is 0 Å². The van der Waals surface area contributed by atoms with E-state index < -0.39 is 10.0 Å². The number of hydrogen-bond acceptors (Lipinski definition) is 6. The molecule has 0 spiro atoms. The van der Waals surface area contributed by atoms with E-state index in [0.717, 1.165) is 29.0 Å². The maximum absolute atomic E-state index is 11.5. The first kappa shape index (κ1) is 17.4. The van der Waals surface area contributed by atoms with Crippen molar-refractivity contribution >= 4 is 38.7 Å². The lowest BCUT2D eigenvalue weighted by atomic mass is 10.2. The second kappa shape index (κ2) is 6.64. The molecule has 0 saturated heterocycles. The molecule has 0 bridgehead atoms. The Bertz CT molecular complexity index is 1090. The van der Waals surface area contributed by atoms with Crippen molar-refractivity contribution in [3.63, 3.8) is 0 Å². The number of hydrazine groups is 1. The van der Waals surface area contributed by atoms with Crippen LogP contribution in [-0.4, -0.2) is 24.7 Å². The number of allylic oxidation sites excluding steroid dienone is 2. The van der Waals surface area contributed by atoms with E-state index in [1.807, 2.05) is 46.6 Å². The third kappa shape index (κ3) is 3.62. The number of sulfonamides is 1. The first-order valence-corrected chi connectivity index (χ1v) is 10.3. The number of fused-ring (bicyclic) bond motifs is 1. The van der Waals surface area contributed by atoms with Gasteiger partial charge >= 0.3 is 0 Å². The van der Waals surface area contributed by atoms with Gasteiger partial charge in [-0.3, -0.25) is 15.0 Å². The lowest BCUT2D eigenvalue weighted by Gasteiger charge is -2.28. The van der Waals surface area contributed by atoms with E-state index in [9.17, 15) is 8.42 Å². The van der Waals surface area contributed by atoms with E-state index in [-0.39, 0.29) is 0 Å². The number of rotatable bonds is 4. The molecule has 7 nitrogen and oxygen atoms in total. The van der Waals surface area contributed by atoms with Crippen molar-refractivity contribution in [3.05, 3.63) is 83.7 Å². The molecule has 0 amide bonds. The van der Waals surface area contributed by atoms with Crippen LogP contribution in [0.3, 0.4) is 0 Å². The van der Waals surface area contributed by atoms with Crippen molar-refractivity contribution in [1.29, 1.82) is 0 Å². The van der Waals surface area contributed by atoms with Crippen LogP contribution in [0.1, 0.15) is 5.56 Å². The number of nitrogens with one attached hydrogen (secondary N) is 2. The Hall–Kier alpha value is -2.97. The Labute approximate surface area is 162 Å². The highest BCUT2D eigenvalue weighted by Gasteiger charge is 2.29. The topological polar surface area (TPSA) is 77.6 Å². The fraction of sp³-hybridized carbons (Fsp3) is 0.0556. The normalized spacial score (nSPS) is 15.8. The highest BCUT2D eigenvalue weighted by atomic mass is 35.5. The zero-order valence-corrected chi connectivity index (χ0v) is 15.9. The Kier molecular flexibility index (Phi) is 4.29. The van der Waals surface area contributed by atoms with Gasteiger partial charge in [-0.15, -0.1) is 0 Å². The molecule has 2 aliphatic heterocycles. The Balaban J connectivity index is 1.76. The second-order valence-electron chi connectivity index (χ2n) is 6.02. The van der Waals surface area contributed by atoms with Crippen LogP contribution in [-0.2, 0) is 10.0 Å². The largest absolute Gasteiger partial charge is 0.300 e. The molecule has 0 atom stereocenters. The summed E-state index contributed by atoms with van der Waals surface area (Å²) in [5, 5.41) is 2.33. The van der Waals surface area contributed by atoms with Gasteiger partial charge in [-0.25, -0.2) is 18.4 Å². The van der Waals surface area contributed by atoms with Crippen LogP contribution in [0.25, 0.3) is 5.70 Å². The van der Waals surface area contributed by atoms with E-state index in [2.05, 4.69) is 15.1 Å². The maximum Gasteiger partial charge on any atom is 0.229 e. The number of halogens is 1. The molecule has 1 aromatic heterocycles. The molecule has 0 unspecified atom stereocenters. The van der Waals surface area contributed by atoms with E-state index >= 15 is 0 Å². The summed E-state index contributed by atoms with van der Waals surface area (Å²) >= 11 is 6.05. The average molecular weight is 402 g/mol. The minimum absolute atomic E-state index is 0.407. The molecule has 138 valence electrons. The molecule has 2 aromatic rings. The van der Waals surface area contributed by atoms with Gasteiger partial charge in [0, 0.05) is 29.8 Å². The van der Waals surface area contributed by atoms with Crippen LogP contribution in [0.15, 0.2) is 73.0 Å². The summed E-state index contributed by atoms with van der Waals surface area (Å²) in [6.45, 7) is 0. The van der Waals surface area contributed by atoms with Crippen molar-refractivity contribution in [1.82, 2.24) is 15.4 Å². The van der Waals surface area contributed by atoms with Gasteiger partial charge in [-0.2, -0.15) is 0 Å². The molecular formula is C18H16ClN5O2S. The third-order valence-electron chi connectivity index (χ3n) is 3.96. The third-order valence-corrected chi connectivity index (χ3v) is 4.78. The van der Waals surface area contributed by atoms with E-state index in [0.29, 0.717) is 10.8 Å². The fourth-order valence-corrected chi connectivity index (χ4v) is 3.65. The molecule has 2 aliphatic rings.